The Bertz CT molecular complexity index is 669. The lowest BCUT2D eigenvalue weighted by Gasteiger charge is -2.24. The summed E-state index contributed by atoms with van der Waals surface area (Å²) >= 11 is 0. The molecule has 2 rings (SSSR count). The van der Waals surface area contributed by atoms with Crippen molar-refractivity contribution in [3.63, 3.8) is 0 Å². The van der Waals surface area contributed by atoms with Crippen LogP contribution in [0.4, 0.5) is 11.4 Å². The van der Waals surface area contributed by atoms with Gasteiger partial charge in [0.15, 0.2) is 0 Å². The number of anilines is 2. The first-order valence-electron chi connectivity index (χ1n) is 8.15. The van der Waals surface area contributed by atoms with Crippen LogP contribution in [0.25, 0.3) is 0 Å². The van der Waals surface area contributed by atoms with Crippen LogP contribution in [0.3, 0.4) is 0 Å². The lowest BCUT2D eigenvalue weighted by atomic mass is 10.1. The number of benzene rings is 1. The normalized spacial score (nSPS) is 11.8. The van der Waals surface area contributed by atoms with Gasteiger partial charge in [0.1, 0.15) is 0 Å². The van der Waals surface area contributed by atoms with Crippen molar-refractivity contribution in [1.82, 2.24) is 10.3 Å². The Morgan fingerprint density at radius 3 is 2.65 bits per heavy atom. The van der Waals surface area contributed by atoms with E-state index >= 15 is 0 Å². The van der Waals surface area contributed by atoms with E-state index in [1.54, 1.807) is 12.4 Å². The molecular formula is C19H25N3O. The molecule has 1 atom stereocenters. The van der Waals surface area contributed by atoms with Crippen LogP contribution in [0.2, 0.25) is 0 Å². The van der Waals surface area contributed by atoms with Gasteiger partial charge in [-0.25, -0.2) is 0 Å². The molecule has 0 spiro atoms. The lowest BCUT2D eigenvalue weighted by Crippen LogP contribution is -2.32. The zero-order chi connectivity index (χ0) is 16.8. The highest BCUT2D eigenvalue weighted by Gasteiger charge is 2.13. The highest BCUT2D eigenvalue weighted by molar-refractivity contribution is 5.95. The van der Waals surface area contributed by atoms with E-state index in [9.17, 15) is 4.79 Å². The van der Waals surface area contributed by atoms with Crippen LogP contribution in [0.1, 0.15) is 43.1 Å². The number of amides is 1. The fourth-order valence-corrected chi connectivity index (χ4v) is 2.42. The third-order valence-electron chi connectivity index (χ3n) is 3.92. The minimum absolute atomic E-state index is 0.0750. The van der Waals surface area contributed by atoms with Gasteiger partial charge in [0, 0.05) is 24.5 Å². The van der Waals surface area contributed by atoms with Gasteiger partial charge >= 0.3 is 0 Å². The first-order valence-corrected chi connectivity index (χ1v) is 8.15. The molecular weight excluding hydrogens is 286 g/mol. The average Bonchev–Trinajstić information content (AvgIpc) is 2.56. The van der Waals surface area contributed by atoms with E-state index in [4.69, 9.17) is 0 Å². The summed E-state index contributed by atoms with van der Waals surface area (Å²) in [5.41, 5.74) is 3.83. The fraction of sp³-hybridized carbons (Fsp3) is 0.368. The van der Waals surface area contributed by atoms with Gasteiger partial charge in [-0.15, -0.1) is 0 Å². The number of nitrogens with one attached hydrogen (secondary N) is 1. The van der Waals surface area contributed by atoms with Gasteiger partial charge in [-0.3, -0.25) is 9.78 Å². The largest absolute Gasteiger partial charge is 0.350 e. The number of carbonyl (C=O) groups is 1. The molecule has 23 heavy (non-hydrogen) atoms. The quantitative estimate of drug-likeness (QED) is 0.874. The predicted molar refractivity (Wildman–Crippen MR) is 95.3 cm³/mol. The van der Waals surface area contributed by atoms with Crippen LogP contribution in [-0.4, -0.2) is 23.5 Å². The number of nitrogens with zero attached hydrogens (tertiary/aromatic N) is 2. The third kappa shape index (κ3) is 4.31. The van der Waals surface area contributed by atoms with Crippen molar-refractivity contribution in [2.75, 3.05) is 11.4 Å². The van der Waals surface area contributed by atoms with E-state index < -0.39 is 0 Å². The first kappa shape index (κ1) is 17.0. The molecule has 0 saturated carbocycles. The molecule has 0 saturated heterocycles. The summed E-state index contributed by atoms with van der Waals surface area (Å²) in [5, 5.41) is 2.98. The molecule has 0 radical (unpaired) electrons. The van der Waals surface area contributed by atoms with Gasteiger partial charge < -0.3 is 10.2 Å². The molecule has 0 bridgehead atoms. The number of hydrogen-bond donors (Lipinski definition) is 1. The molecule has 1 heterocycles. The second-order valence-corrected chi connectivity index (χ2v) is 5.80. The second kappa shape index (κ2) is 7.77. The van der Waals surface area contributed by atoms with Crippen LogP contribution in [0.5, 0.6) is 0 Å². The van der Waals surface area contributed by atoms with E-state index in [0.717, 1.165) is 24.3 Å². The maximum absolute atomic E-state index is 12.3. The number of aromatic nitrogens is 1. The van der Waals surface area contributed by atoms with Gasteiger partial charge in [0.25, 0.3) is 5.91 Å². The molecule has 0 fully saturated rings. The van der Waals surface area contributed by atoms with Crippen molar-refractivity contribution in [3.8, 4) is 0 Å². The van der Waals surface area contributed by atoms with Crippen LogP contribution in [-0.2, 0) is 0 Å². The molecule has 0 aliphatic carbocycles. The van der Waals surface area contributed by atoms with Gasteiger partial charge in [0.05, 0.1) is 17.4 Å². The maximum atomic E-state index is 12.3. The molecule has 1 aromatic heterocycles. The first-order chi connectivity index (χ1) is 11.0. The van der Waals surface area contributed by atoms with Gasteiger partial charge in [0.2, 0.25) is 0 Å². The number of aryl methyl sites for hydroxylation is 1. The van der Waals surface area contributed by atoms with Crippen LogP contribution in [0.15, 0.2) is 42.7 Å². The molecule has 0 aliphatic rings. The van der Waals surface area contributed by atoms with Crippen molar-refractivity contribution in [1.29, 1.82) is 0 Å². The summed E-state index contributed by atoms with van der Waals surface area (Å²) in [6.07, 6.45) is 4.32. The summed E-state index contributed by atoms with van der Waals surface area (Å²) < 4.78 is 0. The highest BCUT2D eigenvalue weighted by Crippen LogP contribution is 2.25. The number of rotatable bonds is 6. The molecule has 1 N–H and O–H groups in total. The monoisotopic (exact) mass is 311 g/mol. The number of hydrogen-bond acceptors (Lipinski definition) is 3. The average molecular weight is 311 g/mol. The van der Waals surface area contributed by atoms with Gasteiger partial charge in [-0.05, 0) is 51.0 Å². The molecule has 1 aromatic carbocycles. The van der Waals surface area contributed by atoms with E-state index in [1.807, 2.05) is 19.1 Å². The fourth-order valence-electron chi connectivity index (χ4n) is 2.42. The molecule has 1 unspecified atom stereocenters. The minimum Gasteiger partial charge on any atom is -0.350 e. The smallest absolute Gasteiger partial charge is 0.253 e. The Morgan fingerprint density at radius 1 is 1.22 bits per heavy atom. The Kier molecular flexibility index (Phi) is 5.74. The lowest BCUT2D eigenvalue weighted by molar-refractivity contribution is 0.0939. The molecule has 2 aromatic rings. The van der Waals surface area contributed by atoms with Crippen LogP contribution >= 0.6 is 0 Å². The Labute approximate surface area is 138 Å². The van der Waals surface area contributed by atoms with Gasteiger partial charge in [-0.1, -0.05) is 19.1 Å². The molecule has 4 nitrogen and oxygen atoms in total. The third-order valence-corrected chi connectivity index (χ3v) is 3.92. The van der Waals surface area contributed by atoms with Crippen LogP contribution in [0, 0.1) is 6.92 Å². The molecule has 1 amide bonds. The summed E-state index contributed by atoms with van der Waals surface area (Å²) in [6.45, 7) is 9.03. The highest BCUT2D eigenvalue weighted by atomic mass is 16.1. The van der Waals surface area contributed by atoms with E-state index in [1.165, 1.54) is 5.56 Å². The summed E-state index contributed by atoms with van der Waals surface area (Å²) in [7, 11) is 0. The number of pyridine rings is 1. The predicted octanol–water partition coefficient (Wildman–Crippen LogP) is 4.08. The van der Waals surface area contributed by atoms with E-state index in [-0.39, 0.29) is 11.9 Å². The SMILES string of the molecule is CCC(C)NC(=O)c1cncc(N(CC)c2cccc(C)c2)c1. The van der Waals surface area contributed by atoms with Crippen molar-refractivity contribution >= 4 is 17.3 Å². The summed E-state index contributed by atoms with van der Waals surface area (Å²) in [4.78, 5) is 18.7. The van der Waals surface area contributed by atoms with Crippen LogP contribution < -0.4 is 10.2 Å². The Hall–Kier alpha value is -2.36. The molecule has 122 valence electrons. The Balaban J connectivity index is 2.28. The Morgan fingerprint density at radius 2 is 2.00 bits per heavy atom. The van der Waals surface area contributed by atoms with Crippen molar-refractivity contribution in [2.45, 2.75) is 40.2 Å². The zero-order valence-corrected chi connectivity index (χ0v) is 14.3. The van der Waals surface area contributed by atoms with Crippen molar-refractivity contribution in [2.24, 2.45) is 0 Å². The minimum atomic E-state index is -0.0750. The maximum Gasteiger partial charge on any atom is 0.253 e. The van der Waals surface area contributed by atoms with Crippen molar-refractivity contribution < 1.29 is 4.79 Å². The van der Waals surface area contributed by atoms with E-state index in [0.29, 0.717) is 5.56 Å². The summed E-state index contributed by atoms with van der Waals surface area (Å²) in [5.74, 6) is -0.0750. The molecule has 0 aliphatic heterocycles. The topological polar surface area (TPSA) is 45.2 Å². The summed E-state index contributed by atoms with van der Waals surface area (Å²) in [6, 6.07) is 10.4. The number of carbonyl (C=O) groups excluding carboxylic acids is 1. The molecule has 4 heteroatoms. The zero-order valence-electron chi connectivity index (χ0n) is 14.3. The van der Waals surface area contributed by atoms with Crippen molar-refractivity contribution in [3.05, 3.63) is 53.9 Å². The van der Waals surface area contributed by atoms with E-state index in [2.05, 4.69) is 54.2 Å². The standard InChI is InChI=1S/C19H25N3O/c1-5-15(4)21-19(23)16-11-18(13-20-12-16)22(6-2)17-9-7-8-14(3)10-17/h7-13,15H,5-6H2,1-4H3,(H,21,23). The second-order valence-electron chi connectivity index (χ2n) is 5.80. The van der Waals surface area contributed by atoms with Gasteiger partial charge in [-0.2, -0.15) is 0 Å².